The lowest BCUT2D eigenvalue weighted by Crippen LogP contribution is -2.37. The molecule has 0 unspecified atom stereocenters. The summed E-state index contributed by atoms with van der Waals surface area (Å²) in [5.74, 6) is -0.412. The molecule has 8 heteroatoms. The third-order valence-corrected chi connectivity index (χ3v) is 8.00. The monoisotopic (exact) mass is 486 g/mol. The average molecular weight is 487 g/mol. The van der Waals surface area contributed by atoms with Crippen molar-refractivity contribution in [3.05, 3.63) is 71.3 Å². The fraction of sp³-hybridized carbons (Fsp3) is 0.462. The number of amides is 2. The Morgan fingerprint density at radius 2 is 1.32 bits per heavy atom. The third kappa shape index (κ3) is 6.52. The second-order valence-corrected chi connectivity index (χ2v) is 11.2. The molecule has 0 N–H and O–H groups in total. The Morgan fingerprint density at radius 1 is 0.794 bits per heavy atom. The molecule has 0 radical (unpaired) electrons. The molecule has 0 saturated heterocycles. The van der Waals surface area contributed by atoms with Crippen molar-refractivity contribution in [3.63, 3.8) is 0 Å². The van der Waals surface area contributed by atoms with Gasteiger partial charge in [0, 0.05) is 13.1 Å². The van der Waals surface area contributed by atoms with E-state index in [4.69, 9.17) is 4.84 Å². The van der Waals surface area contributed by atoms with Crippen LogP contribution in [0, 0.1) is 0 Å². The number of sulfonamides is 1. The Hall–Kier alpha value is -2.55. The first-order valence-electron chi connectivity index (χ1n) is 12.0. The maximum atomic E-state index is 12.7. The molecule has 184 valence electrons. The topological polar surface area (TPSA) is 84.0 Å². The summed E-state index contributed by atoms with van der Waals surface area (Å²) in [7, 11) is -3.51. The van der Waals surface area contributed by atoms with Gasteiger partial charge in [-0.15, -0.1) is 0 Å². The molecule has 2 amide bonds. The molecule has 1 heterocycles. The van der Waals surface area contributed by atoms with Crippen LogP contribution in [0.2, 0.25) is 0 Å². The predicted octanol–water partition coefficient (Wildman–Crippen LogP) is 4.80. The number of benzene rings is 2. The molecule has 34 heavy (non-hydrogen) atoms. The smallest absolute Gasteiger partial charge is 0.261 e. The van der Waals surface area contributed by atoms with Crippen molar-refractivity contribution in [2.24, 2.45) is 0 Å². The van der Waals surface area contributed by atoms with Crippen molar-refractivity contribution in [3.8, 4) is 0 Å². The number of unbranched alkanes of at least 4 members (excludes halogenated alkanes) is 5. The molecule has 0 spiro atoms. The zero-order valence-electron chi connectivity index (χ0n) is 20.0. The maximum Gasteiger partial charge on any atom is 0.261 e. The van der Waals surface area contributed by atoms with Gasteiger partial charge in [-0.05, 0) is 44.4 Å². The number of hydroxylamine groups is 1. The Bertz CT molecular complexity index is 1030. The maximum absolute atomic E-state index is 12.7. The highest BCUT2D eigenvalue weighted by molar-refractivity contribution is 7.89. The lowest BCUT2D eigenvalue weighted by atomic mass is 10.1. The van der Waals surface area contributed by atoms with E-state index in [1.807, 2.05) is 30.3 Å². The molecular weight excluding hydrogens is 452 g/mol. The lowest BCUT2D eigenvalue weighted by molar-refractivity contribution is -0.0973. The average Bonchev–Trinajstić information content (AvgIpc) is 3.07. The molecule has 0 aromatic heterocycles. The molecule has 1 aliphatic heterocycles. The van der Waals surface area contributed by atoms with Gasteiger partial charge in [-0.3, -0.25) is 19.3 Å². The number of carbonyl (C=O) groups excluding carboxylic acids is 2. The van der Waals surface area contributed by atoms with Gasteiger partial charge in [-0.1, -0.05) is 72.6 Å². The van der Waals surface area contributed by atoms with Crippen LogP contribution in [0.4, 0.5) is 0 Å². The van der Waals surface area contributed by atoms with Crippen LogP contribution in [0.1, 0.15) is 78.7 Å². The number of hydrogen-bond acceptors (Lipinski definition) is 5. The van der Waals surface area contributed by atoms with Crippen LogP contribution in [0.15, 0.2) is 54.6 Å². The van der Waals surface area contributed by atoms with Crippen LogP contribution < -0.4 is 0 Å². The van der Waals surface area contributed by atoms with Gasteiger partial charge in [0.25, 0.3) is 11.8 Å². The number of hydrogen-bond donors (Lipinski definition) is 0. The van der Waals surface area contributed by atoms with Crippen LogP contribution >= 0.6 is 0 Å². The van der Waals surface area contributed by atoms with Crippen molar-refractivity contribution in [1.29, 1.82) is 0 Å². The number of rotatable bonds is 14. The Kier molecular flexibility index (Phi) is 9.38. The third-order valence-electron chi connectivity index (χ3n) is 5.95. The van der Waals surface area contributed by atoms with E-state index in [0.29, 0.717) is 30.6 Å². The van der Waals surface area contributed by atoms with Crippen molar-refractivity contribution in [2.45, 2.75) is 64.2 Å². The molecule has 0 bridgehead atoms. The van der Waals surface area contributed by atoms with Gasteiger partial charge in [0.05, 0.1) is 23.0 Å². The number of carbonyl (C=O) groups is 2. The van der Waals surface area contributed by atoms with Crippen LogP contribution in [-0.4, -0.2) is 47.9 Å². The van der Waals surface area contributed by atoms with Gasteiger partial charge in [0.15, 0.2) is 0 Å². The number of imide groups is 1. The van der Waals surface area contributed by atoms with Gasteiger partial charge < -0.3 is 0 Å². The highest BCUT2D eigenvalue weighted by Gasteiger charge is 2.34. The fourth-order valence-electron chi connectivity index (χ4n) is 3.88. The second kappa shape index (κ2) is 12.2. The standard InChI is InChI=1S/C26H34N2O5S/c1-21(2)34(31,32)28(33-20-22-14-8-7-9-15-22)19-13-6-4-3-5-12-18-27-25(29)23-16-10-11-17-24(23)26(27)30/h7-11,14-17,21H,3-6,12-13,18-20H2,1-2H3. The molecular formula is C26H34N2O5S. The van der Waals surface area contributed by atoms with E-state index >= 15 is 0 Å². The van der Waals surface area contributed by atoms with Crippen LogP contribution in [0.25, 0.3) is 0 Å². The first-order valence-corrected chi connectivity index (χ1v) is 13.5. The minimum atomic E-state index is -3.51. The van der Waals surface area contributed by atoms with E-state index in [1.165, 1.54) is 4.90 Å². The summed E-state index contributed by atoms with van der Waals surface area (Å²) in [6.07, 6.45) is 5.18. The highest BCUT2D eigenvalue weighted by Crippen LogP contribution is 2.23. The summed E-state index contributed by atoms with van der Waals surface area (Å²) < 4.78 is 26.5. The second-order valence-electron chi connectivity index (χ2n) is 8.81. The number of nitrogens with zero attached hydrogens (tertiary/aromatic N) is 2. The minimum absolute atomic E-state index is 0.206. The van der Waals surface area contributed by atoms with E-state index in [0.717, 1.165) is 42.1 Å². The molecule has 0 aliphatic carbocycles. The van der Waals surface area contributed by atoms with Gasteiger partial charge in [0.1, 0.15) is 0 Å². The van der Waals surface area contributed by atoms with Gasteiger partial charge in [-0.2, -0.15) is 0 Å². The van der Waals surface area contributed by atoms with Gasteiger partial charge >= 0.3 is 0 Å². The summed E-state index contributed by atoms with van der Waals surface area (Å²) in [5.41, 5.74) is 1.90. The highest BCUT2D eigenvalue weighted by atomic mass is 32.2. The van der Waals surface area contributed by atoms with Crippen molar-refractivity contribution in [1.82, 2.24) is 9.37 Å². The fourth-order valence-corrected chi connectivity index (χ4v) is 4.93. The summed E-state index contributed by atoms with van der Waals surface area (Å²) >= 11 is 0. The first-order chi connectivity index (χ1) is 16.3. The Labute approximate surface area is 202 Å². The summed E-state index contributed by atoms with van der Waals surface area (Å²) in [6, 6.07) is 16.4. The van der Waals surface area contributed by atoms with Gasteiger partial charge in [0.2, 0.25) is 10.0 Å². The SMILES string of the molecule is CC(C)S(=O)(=O)N(CCCCCCCCN1C(=O)c2ccccc2C1=O)OCc1ccccc1. The van der Waals surface area contributed by atoms with E-state index in [2.05, 4.69) is 0 Å². The van der Waals surface area contributed by atoms with E-state index in [-0.39, 0.29) is 18.4 Å². The van der Waals surface area contributed by atoms with Crippen molar-refractivity contribution < 1.29 is 22.8 Å². The van der Waals surface area contributed by atoms with Crippen LogP contribution in [0.3, 0.4) is 0 Å². The molecule has 3 rings (SSSR count). The molecule has 2 aromatic rings. The zero-order valence-corrected chi connectivity index (χ0v) is 20.8. The van der Waals surface area contributed by atoms with E-state index in [1.54, 1.807) is 38.1 Å². The Morgan fingerprint density at radius 3 is 1.91 bits per heavy atom. The van der Waals surface area contributed by atoms with E-state index < -0.39 is 15.3 Å². The summed E-state index contributed by atoms with van der Waals surface area (Å²) in [4.78, 5) is 31.8. The molecule has 7 nitrogen and oxygen atoms in total. The minimum Gasteiger partial charge on any atom is -0.279 e. The molecule has 0 saturated carbocycles. The summed E-state index contributed by atoms with van der Waals surface area (Å²) in [6.45, 7) is 4.28. The van der Waals surface area contributed by atoms with Crippen LogP contribution in [-0.2, 0) is 21.5 Å². The van der Waals surface area contributed by atoms with Crippen molar-refractivity contribution in [2.75, 3.05) is 13.1 Å². The first kappa shape index (κ1) is 26.1. The molecule has 1 aliphatic rings. The Balaban J connectivity index is 1.35. The zero-order chi connectivity index (χ0) is 24.6. The lowest BCUT2D eigenvalue weighted by Gasteiger charge is -2.23. The number of fused-ring (bicyclic) bond motifs is 1. The normalized spacial score (nSPS) is 13.8. The van der Waals surface area contributed by atoms with Crippen molar-refractivity contribution >= 4 is 21.8 Å². The van der Waals surface area contributed by atoms with Gasteiger partial charge in [-0.25, -0.2) is 8.42 Å². The molecule has 0 fully saturated rings. The quantitative estimate of drug-likeness (QED) is 0.218. The molecule has 0 atom stereocenters. The molecule has 2 aromatic carbocycles. The van der Waals surface area contributed by atoms with E-state index in [9.17, 15) is 18.0 Å². The summed E-state index contributed by atoms with van der Waals surface area (Å²) in [5, 5.41) is -0.551. The largest absolute Gasteiger partial charge is 0.279 e. The predicted molar refractivity (Wildman–Crippen MR) is 132 cm³/mol. The van der Waals surface area contributed by atoms with Crippen LogP contribution in [0.5, 0.6) is 0 Å².